The Kier molecular flexibility index (Phi) is 5.22. The van der Waals surface area contributed by atoms with Crippen molar-refractivity contribution < 1.29 is 22.7 Å². The average molecular weight is 369 g/mol. The molecule has 0 radical (unpaired) electrons. The molecule has 144 valence electrons. The van der Waals surface area contributed by atoms with Crippen LogP contribution < -0.4 is 9.64 Å². The van der Waals surface area contributed by atoms with Crippen molar-refractivity contribution in [3.8, 4) is 5.75 Å². The first-order valence-electron chi connectivity index (χ1n) is 9.35. The molecule has 2 aliphatic rings. The molecule has 26 heavy (non-hydrogen) atoms. The summed E-state index contributed by atoms with van der Waals surface area (Å²) < 4.78 is 41.6. The topological polar surface area (TPSA) is 29.5 Å². The summed E-state index contributed by atoms with van der Waals surface area (Å²) in [6.07, 6.45) is 1.77. The summed E-state index contributed by atoms with van der Waals surface area (Å²) >= 11 is 0. The average Bonchev–Trinajstić information content (AvgIpc) is 2.87. The minimum absolute atomic E-state index is 0.127. The highest BCUT2D eigenvalue weighted by atomic mass is 19.4. The van der Waals surface area contributed by atoms with Crippen LogP contribution in [0.3, 0.4) is 0 Å². The molecule has 3 nitrogen and oxygen atoms in total. The summed E-state index contributed by atoms with van der Waals surface area (Å²) in [6, 6.07) is 6.54. The van der Waals surface area contributed by atoms with Crippen LogP contribution >= 0.6 is 0 Å². The fraction of sp³-hybridized carbons (Fsp3) is 0.650. The van der Waals surface area contributed by atoms with Crippen molar-refractivity contribution in [1.29, 1.82) is 0 Å². The summed E-state index contributed by atoms with van der Waals surface area (Å²) in [6.45, 7) is 2.92. The molecule has 0 bridgehead atoms. The third-order valence-corrected chi connectivity index (χ3v) is 5.70. The molecule has 3 rings (SSSR count). The number of hydrogen-bond acceptors (Lipinski definition) is 2. The lowest BCUT2D eigenvalue weighted by molar-refractivity contribution is -0.153. The Balaban J connectivity index is 1.80. The van der Waals surface area contributed by atoms with Gasteiger partial charge in [0.2, 0.25) is 5.91 Å². The lowest BCUT2D eigenvalue weighted by atomic mass is 9.71. The summed E-state index contributed by atoms with van der Waals surface area (Å²) in [7, 11) is 0. The summed E-state index contributed by atoms with van der Waals surface area (Å²) in [4.78, 5) is 15.2. The molecule has 2 fully saturated rings. The van der Waals surface area contributed by atoms with Gasteiger partial charge in [0.25, 0.3) is 0 Å². The molecule has 1 atom stereocenters. The minimum Gasteiger partial charge on any atom is -0.484 e. The van der Waals surface area contributed by atoms with Gasteiger partial charge in [-0.25, -0.2) is 0 Å². The normalized spacial score (nSPS) is 23.1. The van der Waals surface area contributed by atoms with Crippen molar-refractivity contribution in [3.05, 3.63) is 24.3 Å². The van der Waals surface area contributed by atoms with Crippen molar-refractivity contribution in [2.24, 2.45) is 11.3 Å². The zero-order chi connectivity index (χ0) is 18.9. The standard InChI is InChI=1S/C20H26F3NO2/c1-14(2)17-12-19(10-4-3-5-11-19)18(25)24(17)15-6-8-16(9-7-15)26-13-20(21,22)23/h6-9,14,17H,3-5,10-13H2,1-2H3. The van der Waals surface area contributed by atoms with Gasteiger partial charge in [0, 0.05) is 11.7 Å². The van der Waals surface area contributed by atoms with Crippen molar-refractivity contribution in [3.63, 3.8) is 0 Å². The Bertz CT molecular complexity index is 633. The van der Waals surface area contributed by atoms with Gasteiger partial charge < -0.3 is 9.64 Å². The van der Waals surface area contributed by atoms with E-state index in [1.165, 1.54) is 18.6 Å². The predicted octanol–water partition coefficient (Wildman–Crippen LogP) is 5.34. The maximum absolute atomic E-state index is 13.3. The van der Waals surface area contributed by atoms with Crippen LogP contribution in [0.1, 0.15) is 52.4 Å². The van der Waals surface area contributed by atoms with Crippen LogP contribution in [-0.2, 0) is 4.79 Å². The molecule has 1 saturated heterocycles. The van der Waals surface area contributed by atoms with E-state index >= 15 is 0 Å². The van der Waals surface area contributed by atoms with Crippen LogP contribution in [-0.4, -0.2) is 24.7 Å². The molecule has 1 aliphatic carbocycles. The second-order valence-corrected chi connectivity index (χ2v) is 7.93. The first-order chi connectivity index (χ1) is 12.2. The Morgan fingerprint density at radius 2 is 1.77 bits per heavy atom. The van der Waals surface area contributed by atoms with Gasteiger partial charge in [0.05, 0.1) is 5.41 Å². The maximum Gasteiger partial charge on any atom is 0.422 e. The quantitative estimate of drug-likeness (QED) is 0.717. The second-order valence-electron chi connectivity index (χ2n) is 7.93. The van der Waals surface area contributed by atoms with E-state index in [0.29, 0.717) is 5.92 Å². The van der Waals surface area contributed by atoms with Crippen LogP contribution in [0, 0.1) is 11.3 Å². The van der Waals surface area contributed by atoms with E-state index in [-0.39, 0.29) is 23.1 Å². The number of halogens is 3. The monoisotopic (exact) mass is 369 g/mol. The van der Waals surface area contributed by atoms with E-state index in [1.807, 2.05) is 4.90 Å². The first-order valence-corrected chi connectivity index (χ1v) is 9.35. The third kappa shape index (κ3) is 3.84. The number of hydrogen-bond donors (Lipinski definition) is 0. The summed E-state index contributed by atoms with van der Waals surface area (Å²) in [5.41, 5.74) is 0.494. The van der Waals surface area contributed by atoms with Crippen LogP contribution in [0.25, 0.3) is 0 Å². The molecule has 1 aromatic rings. The molecule has 0 N–H and O–H groups in total. The van der Waals surface area contributed by atoms with E-state index in [0.717, 1.165) is 37.8 Å². The van der Waals surface area contributed by atoms with Gasteiger partial charge in [0.1, 0.15) is 5.75 Å². The molecule has 1 heterocycles. The van der Waals surface area contributed by atoms with Gasteiger partial charge in [-0.2, -0.15) is 13.2 Å². The Morgan fingerprint density at radius 3 is 2.31 bits per heavy atom. The van der Waals surface area contributed by atoms with E-state index in [9.17, 15) is 18.0 Å². The van der Waals surface area contributed by atoms with Crippen molar-refractivity contribution in [2.45, 2.75) is 64.6 Å². The van der Waals surface area contributed by atoms with Crippen molar-refractivity contribution in [1.82, 2.24) is 0 Å². The highest BCUT2D eigenvalue weighted by molar-refractivity contribution is 6.00. The molecule has 1 spiro atoms. The van der Waals surface area contributed by atoms with E-state index in [1.54, 1.807) is 12.1 Å². The molecule has 1 unspecified atom stereocenters. The first kappa shape index (κ1) is 19.1. The van der Waals surface area contributed by atoms with E-state index in [2.05, 4.69) is 13.8 Å². The smallest absolute Gasteiger partial charge is 0.422 e. The molecule has 0 aromatic heterocycles. The van der Waals surface area contributed by atoms with Crippen LogP contribution in [0.4, 0.5) is 18.9 Å². The highest BCUT2D eigenvalue weighted by Gasteiger charge is 2.52. The fourth-order valence-electron chi connectivity index (χ4n) is 4.34. The number of carbonyl (C=O) groups excluding carboxylic acids is 1. The van der Waals surface area contributed by atoms with Gasteiger partial charge in [-0.15, -0.1) is 0 Å². The number of nitrogens with zero attached hydrogens (tertiary/aromatic N) is 1. The Labute approximate surface area is 152 Å². The highest BCUT2D eigenvalue weighted by Crippen LogP contribution is 2.50. The molecule has 1 amide bonds. The SMILES string of the molecule is CC(C)C1CC2(CCCCC2)C(=O)N1c1ccc(OCC(F)(F)F)cc1. The molecular weight excluding hydrogens is 343 g/mol. The zero-order valence-corrected chi connectivity index (χ0v) is 15.3. The van der Waals surface area contributed by atoms with Gasteiger partial charge >= 0.3 is 6.18 Å². The lowest BCUT2D eigenvalue weighted by Crippen LogP contribution is -2.39. The number of amides is 1. The molecule has 1 saturated carbocycles. The number of benzene rings is 1. The predicted molar refractivity (Wildman–Crippen MR) is 94.2 cm³/mol. The molecular formula is C20H26F3NO2. The number of anilines is 1. The van der Waals surface area contributed by atoms with Crippen LogP contribution in [0.15, 0.2) is 24.3 Å². The number of carbonyl (C=O) groups is 1. The second kappa shape index (κ2) is 7.12. The minimum atomic E-state index is -4.36. The van der Waals surface area contributed by atoms with Crippen molar-refractivity contribution >= 4 is 11.6 Å². The van der Waals surface area contributed by atoms with Crippen LogP contribution in [0.2, 0.25) is 0 Å². The molecule has 1 aromatic carbocycles. The fourth-order valence-corrected chi connectivity index (χ4v) is 4.34. The largest absolute Gasteiger partial charge is 0.484 e. The third-order valence-electron chi connectivity index (χ3n) is 5.70. The maximum atomic E-state index is 13.3. The summed E-state index contributed by atoms with van der Waals surface area (Å²) in [5, 5.41) is 0. The Hall–Kier alpha value is -1.72. The van der Waals surface area contributed by atoms with Crippen molar-refractivity contribution in [2.75, 3.05) is 11.5 Å². The van der Waals surface area contributed by atoms with E-state index in [4.69, 9.17) is 4.74 Å². The summed E-state index contributed by atoms with van der Waals surface area (Å²) in [5.74, 6) is 0.660. The van der Waals surface area contributed by atoms with Gasteiger partial charge in [-0.3, -0.25) is 4.79 Å². The van der Waals surface area contributed by atoms with Gasteiger partial charge in [0.15, 0.2) is 6.61 Å². The van der Waals surface area contributed by atoms with Gasteiger partial charge in [-0.05, 0) is 49.4 Å². The van der Waals surface area contributed by atoms with Gasteiger partial charge in [-0.1, -0.05) is 33.1 Å². The number of alkyl halides is 3. The number of rotatable bonds is 4. The molecule has 1 aliphatic heterocycles. The van der Waals surface area contributed by atoms with E-state index < -0.39 is 12.8 Å². The molecule has 6 heteroatoms. The lowest BCUT2D eigenvalue weighted by Gasteiger charge is -2.31. The number of ether oxygens (including phenoxy) is 1. The Morgan fingerprint density at radius 1 is 1.15 bits per heavy atom. The zero-order valence-electron chi connectivity index (χ0n) is 15.3. The van der Waals surface area contributed by atoms with Crippen LogP contribution in [0.5, 0.6) is 5.75 Å².